The molecule has 1 heterocycles. The van der Waals surface area contributed by atoms with Crippen molar-refractivity contribution in [3.8, 4) is 11.3 Å². The first kappa shape index (κ1) is 9.33. The van der Waals surface area contributed by atoms with Crippen molar-refractivity contribution in [1.29, 1.82) is 0 Å². The summed E-state index contributed by atoms with van der Waals surface area (Å²) in [7, 11) is 0. The summed E-state index contributed by atoms with van der Waals surface area (Å²) < 4.78 is 31.5. The van der Waals surface area contributed by atoms with E-state index in [-0.39, 0.29) is 11.3 Å². The van der Waals surface area contributed by atoms with E-state index in [1.54, 1.807) is 0 Å². The minimum absolute atomic E-state index is 0.146. The number of rotatable bonds is 1. The van der Waals surface area contributed by atoms with Gasteiger partial charge in [-0.3, -0.25) is 0 Å². The maximum atomic E-state index is 13.3. The lowest BCUT2D eigenvalue weighted by molar-refractivity contribution is 0.421. The summed E-state index contributed by atoms with van der Waals surface area (Å²) in [5.74, 6) is -1.35. The van der Waals surface area contributed by atoms with Crippen LogP contribution in [-0.4, -0.2) is 5.16 Å². The second kappa shape index (κ2) is 3.49. The largest absolute Gasteiger partial charge is 0.364 e. The molecule has 0 saturated carbocycles. The summed E-state index contributed by atoms with van der Waals surface area (Å²) in [5.41, 5.74) is -0.0329. The molecule has 2 aromatic rings. The van der Waals surface area contributed by atoms with Gasteiger partial charge in [0.25, 0.3) is 0 Å². The van der Waals surface area contributed by atoms with E-state index >= 15 is 0 Å². The topological polar surface area (TPSA) is 26.0 Å². The fraction of sp³-hybridized carbons (Fsp3) is 0. The quantitative estimate of drug-likeness (QED) is 0.785. The molecule has 72 valence electrons. The van der Waals surface area contributed by atoms with Crippen LogP contribution in [0.5, 0.6) is 0 Å². The third-order valence-electron chi connectivity index (χ3n) is 1.70. The molecule has 0 radical (unpaired) electrons. The predicted octanol–water partition coefficient (Wildman–Crippen LogP) is 3.38. The SMILES string of the molecule is Fc1cc(Br)cc(F)c1-c1ccon1. The average molecular weight is 260 g/mol. The molecule has 0 amide bonds. The number of hydrogen-bond donors (Lipinski definition) is 0. The van der Waals surface area contributed by atoms with E-state index in [0.717, 1.165) is 0 Å². The van der Waals surface area contributed by atoms with E-state index in [9.17, 15) is 8.78 Å². The molecule has 0 spiro atoms. The van der Waals surface area contributed by atoms with E-state index in [4.69, 9.17) is 0 Å². The number of hydrogen-bond acceptors (Lipinski definition) is 2. The first-order chi connectivity index (χ1) is 6.68. The van der Waals surface area contributed by atoms with Gasteiger partial charge in [-0.25, -0.2) is 8.78 Å². The Kier molecular flexibility index (Phi) is 2.33. The molecule has 0 saturated heterocycles. The van der Waals surface area contributed by atoms with Gasteiger partial charge < -0.3 is 4.52 Å². The van der Waals surface area contributed by atoms with Crippen molar-refractivity contribution < 1.29 is 13.3 Å². The maximum absolute atomic E-state index is 13.3. The van der Waals surface area contributed by atoms with Gasteiger partial charge in [-0.1, -0.05) is 21.1 Å². The Labute approximate surface area is 86.7 Å². The highest BCUT2D eigenvalue weighted by molar-refractivity contribution is 9.10. The van der Waals surface area contributed by atoms with Gasteiger partial charge in [-0.05, 0) is 12.1 Å². The van der Waals surface area contributed by atoms with E-state index in [0.29, 0.717) is 4.47 Å². The smallest absolute Gasteiger partial charge is 0.136 e. The molecular weight excluding hydrogens is 256 g/mol. The predicted molar refractivity (Wildman–Crippen MR) is 49.6 cm³/mol. The molecule has 5 heteroatoms. The normalized spacial score (nSPS) is 10.5. The van der Waals surface area contributed by atoms with Crippen molar-refractivity contribution in [3.63, 3.8) is 0 Å². The van der Waals surface area contributed by atoms with Crippen molar-refractivity contribution in [1.82, 2.24) is 5.16 Å². The van der Waals surface area contributed by atoms with Gasteiger partial charge in [-0.2, -0.15) is 0 Å². The third-order valence-corrected chi connectivity index (χ3v) is 2.16. The lowest BCUT2D eigenvalue weighted by Crippen LogP contribution is -1.90. The molecule has 0 aliphatic heterocycles. The van der Waals surface area contributed by atoms with Gasteiger partial charge in [0.15, 0.2) is 0 Å². The van der Waals surface area contributed by atoms with Gasteiger partial charge >= 0.3 is 0 Å². The van der Waals surface area contributed by atoms with E-state index in [1.165, 1.54) is 24.5 Å². The number of nitrogens with zero attached hydrogens (tertiary/aromatic N) is 1. The maximum Gasteiger partial charge on any atom is 0.136 e. The average Bonchev–Trinajstić information content (AvgIpc) is 2.54. The Morgan fingerprint density at radius 3 is 2.36 bits per heavy atom. The molecule has 1 aromatic carbocycles. The summed E-state index contributed by atoms with van der Waals surface area (Å²) in [6, 6.07) is 3.75. The van der Waals surface area contributed by atoms with Crippen LogP contribution in [0.4, 0.5) is 8.78 Å². The lowest BCUT2D eigenvalue weighted by atomic mass is 10.1. The number of halogens is 3. The van der Waals surface area contributed by atoms with Crippen LogP contribution in [0.15, 0.2) is 33.5 Å². The van der Waals surface area contributed by atoms with Crippen molar-refractivity contribution in [2.75, 3.05) is 0 Å². The zero-order valence-corrected chi connectivity index (χ0v) is 8.38. The highest BCUT2D eigenvalue weighted by atomic mass is 79.9. The highest BCUT2D eigenvalue weighted by Crippen LogP contribution is 2.27. The van der Waals surface area contributed by atoms with E-state index in [2.05, 4.69) is 25.6 Å². The Morgan fingerprint density at radius 2 is 1.86 bits per heavy atom. The third kappa shape index (κ3) is 1.55. The first-order valence-electron chi connectivity index (χ1n) is 3.74. The van der Waals surface area contributed by atoms with E-state index in [1.807, 2.05) is 0 Å². The van der Waals surface area contributed by atoms with Gasteiger partial charge in [-0.15, -0.1) is 0 Å². The van der Waals surface area contributed by atoms with Crippen LogP contribution in [0.3, 0.4) is 0 Å². The number of benzene rings is 1. The molecule has 0 fully saturated rings. The summed E-state index contributed by atoms with van der Waals surface area (Å²) in [6.07, 6.45) is 1.26. The summed E-state index contributed by atoms with van der Waals surface area (Å²) in [5, 5.41) is 3.47. The molecular formula is C9H4BrF2NO. The van der Waals surface area contributed by atoms with Crippen LogP contribution < -0.4 is 0 Å². The molecule has 0 atom stereocenters. The second-order valence-corrected chi connectivity index (χ2v) is 3.54. The molecule has 0 bridgehead atoms. The van der Waals surface area contributed by atoms with Gasteiger partial charge in [0.2, 0.25) is 0 Å². The van der Waals surface area contributed by atoms with Gasteiger partial charge in [0.1, 0.15) is 23.6 Å². The Hall–Kier alpha value is -1.23. The fourth-order valence-electron chi connectivity index (χ4n) is 1.13. The molecule has 2 rings (SSSR count). The Balaban J connectivity index is 2.64. The zero-order chi connectivity index (χ0) is 10.1. The molecule has 0 aliphatic carbocycles. The molecule has 0 N–H and O–H groups in total. The fourth-order valence-corrected chi connectivity index (χ4v) is 1.53. The van der Waals surface area contributed by atoms with Gasteiger partial charge in [0.05, 0.1) is 5.56 Å². The minimum atomic E-state index is -0.675. The van der Waals surface area contributed by atoms with Crippen LogP contribution in [0.2, 0.25) is 0 Å². The zero-order valence-electron chi connectivity index (χ0n) is 6.80. The van der Waals surface area contributed by atoms with Crippen molar-refractivity contribution in [3.05, 3.63) is 40.6 Å². The molecule has 14 heavy (non-hydrogen) atoms. The molecule has 0 aliphatic rings. The summed E-state index contributed by atoms with van der Waals surface area (Å²) in [6.45, 7) is 0. The Bertz CT molecular complexity index is 433. The summed E-state index contributed by atoms with van der Waals surface area (Å²) >= 11 is 2.99. The van der Waals surface area contributed by atoms with Crippen LogP contribution in [0, 0.1) is 11.6 Å². The Morgan fingerprint density at radius 1 is 1.21 bits per heavy atom. The standard InChI is InChI=1S/C9H4BrF2NO/c10-5-3-6(11)9(7(12)4-5)8-1-2-14-13-8/h1-4H. The highest BCUT2D eigenvalue weighted by Gasteiger charge is 2.14. The monoisotopic (exact) mass is 259 g/mol. The van der Waals surface area contributed by atoms with Crippen molar-refractivity contribution in [2.45, 2.75) is 0 Å². The van der Waals surface area contributed by atoms with Crippen LogP contribution in [0.25, 0.3) is 11.3 Å². The first-order valence-corrected chi connectivity index (χ1v) is 4.53. The van der Waals surface area contributed by atoms with Crippen LogP contribution in [0.1, 0.15) is 0 Å². The summed E-state index contributed by atoms with van der Waals surface area (Å²) in [4.78, 5) is 0. The van der Waals surface area contributed by atoms with Crippen molar-refractivity contribution >= 4 is 15.9 Å². The van der Waals surface area contributed by atoms with E-state index < -0.39 is 11.6 Å². The lowest BCUT2D eigenvalue weighted by Gasteiger charge is -2.01. The van der Waals surface area contributed by atoms with Crippen LogP contribution in [-0.2, 0) is 0 Å². The molecule has 2 nitrogen and oxygen atoms in total. The molecule has 0 unspecified atom stereocenters. The minimum Gasteiger partial charge on any atom is -0.364 e. The second-order valence-electron chi connectivity index (χ2n) is 2.63. The van der Waals surface area contributed by atoms with Crippen LogP contribution >= 0.6 is 15.9 Å². The number of aromatic nitrogens is 1. The van der Waals surface area contributed by atoms with Gasteiger partial charge in [0, 0.05) is 10.5 Å². The van der Waals surface area contributed by atoms with Crippen molar-refractivity contribution in [2.24, 2.45) is 0 Å². The molecule has 1 aromatic heterocycles.